The van der Waals surface area contributed by atoms with Crippen molar-refractivity contribution in [3.8, 4) is 0 Å². The summed E-state index contributed by atoms with van der Waals surface area (Å²) in [5.41, 5.74) is 2.58. The molecule has 2 aromatic rings. The van der Waals surface area contributed by atoms with E-state index in [2.05, 4.69) is 10.2 Å². The number of carbonyl (C=O) groups is 2. The Bertz CT molecular complexity index is 814. The molecule has 1 fully saturated rings. The van der Waals surface area contributed by atoms with Crippen LogP contribution in [0.25, 0.3) is 0 Å². The fraction of sp³-hybridized carbons (Fsp3) is 0.333. The Balaban J connectivity index is 1.54. The third-order valence-corrected chi connectivity index (χ3v) is 5.38. The van der Waals surface area contributed by atoms with Crippen molar-refractivity contribution in [1.29, 1.82) is 0 Å². The van der Waals surface area contributed by atoms with Crippen LogP contribution in [-0.4, -0.2) is 43.9 Å². The molecule has 1 heterocycles. The molecule has 2 aromatic carbocycles. The summed E-state index contributed by atoms with van der Waals surface area (Å²) in [6.07, 6.45) is 0. The molecule has 2 N–H and O–H groups in total. The molecule has 0 aliphatic carbocycles. The lowest BCUT2D eigenvalue weighted by molar-refractivity contribution is -0.914. The van der Waals surface area contributed by atoms with Crippen LogP contribution in [0.1, 0.15) is 24.2 Å². The molecular weight excluding hydrogens is 362 g/mol. The first-order chi connectivity index (χ1) is 12.9. The fourth-order valence-corrected chi connectivity index (χ4v) is 3.58. The molecule has 6 heteroatoms. The van der Waals surface area contributed by atoms with Crippen LogP contribution in [0.3, 0.4) is 0 Å². The standard InChI is InChI=1S/C21H24ClN3O2/c1-15(21(27)23-19-5-3-4-18(22)14-19)24-10-12-25(13-11-24)20-8-6-17(7-9-20)16(2)26/h3-9,14-15H,10-13H2,1-2H3,(H,23,27)/p+1/t15-/m1/s1. The Morgan fingerprint density at radius 3 is 2.37 bits per heavy atom. The van der Waals surface area contributed by atoms with E-state index in [0.29, 0.717) is 5.02 Å². The molecule has 0 unspecified atom stereocenters. The zero-order chi connectivity index (χ0) is 19.4. The van der Waals surface area contributed by atoms with Gasteiger partial charge >= 0.3 is 0 Å². The minimum atomic E-state index is -0.133. The lowest BCUT2D eigenvalue weighted by atomic mass is 10.1. The zero-order valence-corrected chi connectivity index (χ0v) is 16.4. The number of carbonyl (C=O) groups excluding carboxylic acids is 2. The quantitative estimate of drug-likeness (QED) is 0.775. The zero-order valence-electron chi connectivity index (χ0n) is 15.7. The van der Waals surface area contributed by atoms with E-state index >= 15 is 0 Å². The van der Waals surface area contributed by atoms with Gasteiger partial charge < -0.3 is 15.1 Å². The van der Waals surface area contributed by atoms with Crippen LogP contribution in [0.4, 0.5) is 11.4 Å². The second-order valence-electron chi connectivity index (χ2n) is 6.97. The summed E-state index contributed by atoms with van der Waals surface area (Å²) in [7, 11) is 0. The smallest absolute Gasteiger partial charge is 0.282 e. The maximum atomic E-state index is 12.6. The second-order valence-corrected chi connectivity index (χ2v) is 7.41. The van der Waals surface area contributed by atoms with Crippen LogP contribution in [-0.2, 0) is 4.79 Å². The molecule has 1 saturated heterocycles. The van der Waals surface area contributed by atoms with Gasteiger partial charge in [-0.15, -0.1) is 0 Å². The Hall–Kier alpha value is -2.37. The third kappa shape index (κ3) is 4.87. The lowest BCUT2D eigenvalue weighted by Crippen LogP contribution is -3.19. The van der Waals surface area contributed by atoms with E-state index in [0.717, 1.165) is 43.1 Å². The van der Waals surface area contributed by atoms with Crippen LogP contribution in [0.15, 0.2) is 48.5 Å². The molecule has 27 heavy (non-hydrogen) atoms. The number of piperazine rings is 1. The SMILES string of the molecule is CC(=O)c1ccc(N2CC[NH+]([C@H](C)C(=O)Nc3cccc(Cl)c3)CC2)cc1. The van der Waals surface area contributed by atoms with Crippen LogP contribution < -0.4 is 15.1 Å². The van der Waals surface area contributed by atoms with E-state index in [1.54, 1.807) is 19.1 Å². The summed E-state index contributed by atoms with van der Waals surface area (Å²) >= 11 is 5.98. The fourth-order valence-electron chi connectivity index (χ4n) is 3.39. The molecule has 0 aromatic heterocycles. The first-order valence-electron chi connectivity index (χ1n) is 9.21. The van der Waals surface area contributed by atoms with E-state index in [1.807, 2.05) is 43.3 Å². The minimum Gasteiger partial charge on any atom is -0.360 e. The van der Waals surface area contributed by atoms with Crippen molar-refractivity contribution in [2.45, 2.75) is 19.9 Å². The van der Waals surface area contributed by atoms with Gasteiger partial charge in [-0.2, -0.15) is 0 Å². The van der Waals surface area contributed by atoms with Gasteiger partial charge in [0, 0.05) is 22.0 Å². The molecule has 0 bridgehead atoms. The van der Waals surface area contributed by atoms with Gasteiger partial charge in [0.2, 0.25) is 0 Å². The number of benzene rings is 2. The van der Waals surface area contributed by atoms with E-state index in [-0.39, 0.29) is 17.7 Å². The van der Waals surface area contributed by atoms with Crippen molar-refractivity contribution in [1.82, 2.24) is 0 Å². The number of hydrogen-bond acceptors (Lipinski definition) is 3. The minimum absolute atomic E-state index is 0.00604. The van der Waals surface area contributed by atoms with Crippen LogP contribution in [0.2, 0.25) is 5.02 Å². The Morgan fingerprint density at radius 2 is 1.78 bits per heavy atom. The largest absolute Gasteiger partial charge is 0.360 e. The first-order valence-corrected chi connectivity index (χ1v) is 9.59. The summed E-state index contributed by atoms with van der Waals surface area (Å²) in [6.45, 7) is 7.07. The molecule has 1 aliphatic heterocycles. The molecule has 142 valence electrons. The van der Waals surface area contributed by atoms with Crippen molar-refractivity contribution < 1.29 is 14.5 Å². The van der Waals surface area contributed by atoms with E-state index in [4.69, 9.17) is 11.6 Å². The monoisotopic (exact) mass is 386 g/mol. The molecule has 0 saturated carbocycles. The number of nitrogens with one attached hydrogen (secondary N) is 2. The number of amides is 1. The van der Waals surface area contributed by atoms with Crippen molar-refractivity contribution >= 4 is 34.7 Å². The van der Waals surface area contributed by atoms with Crippen LogP contribution in [0, 0.1) is 0 Å². The highest BCUT2D eigenvalue weighted by Gasteiger charge is 2.29. The number of hydrogen-bond donors (Lipinski definition) is 2. The lowest BCUT2D eigenvalue weighted by Gasteiger charge is -2.36. The number of halogens is 1. The Labute approximate surface area is 164 Å². The highest BCUT2D eigenvalue weighted by molar-refractivity contribution is 6.30. The van der Waals surface area contributed by atoms with Crippen molar-refractivity contribution in [2.24, 2.45) is 0 Å². The van der Waals surface area contributed by atoms with Gasteiger partial charge in [-0.25, -0.2) is 0 Å². The second kappa shape index (κ2) is 8.55. The average molecular weight is 387 g/mol. The van der Waals surface area contributed by atoms with Crippen molar-refractivity contribution in [3.05, 3.63) is 59.1 Å². The summed E-state index contributed by atoms with van der Waals surface area (Å²) in [5, 5.41) is 3.56. The third-order valence-electron chi connectivity index (χ3n) is 5.14. The molecule has 1 amide bonds. The molecule has 0 radical (unpaired) electrons. The van der Waals surface area contributed by atoms with Gasteiger partial charge in [0.15, 0.2) is 11.8 Å². The van der Waals surface area contributed by atoms with Gasteiger partial charge in [0.25, 0.3) is 5.91 Å². The molecule has 0 spiro atoms. The first kappa shape index (κ1) is 19.4. The number of anilines is 2. The van der Waals surface area contributed by atoms with Crippen molar-refractivity contribution in [3.63, 3.8) is 0 Å². The number of quaternary nitrogens is 1. The highest BCUT2D eigenvalue weighted by Crippen LogP contribution is 2.16. The molecule has 1 aliphatic rings. The predicted octanol–water partition coefficient (Wildman–Crippen LogP) is 2.27. The summed E-state index contributed by atoms with van der Waals surface area (Å²) < 4.78 is 0. The van der Waals surface area contributed by atoms with Crippen LogP contribution >= 0.6 is 11.6 Å². The molecular formula is C21H25ClN3O2+. The van der Waals surface area contributed by atoms with Gasteiger partial charge in [0.05, 0.1) is 26.2 Å². The topological polar surface area (TPSA) is 53.9 Å². The van der Waals surface area contributed by atoms with Gasteiger partial charge in [-0.05, 0) is 56.3 Å². The number of Topliss-reactive ketones (excluding diaryl/α,β-unsaturated/α-hetero) is 1. The van der Waals surface area contributed by atoms with E-state index in [9.17, 15) is 9.59 Å². The normalized spacial score (nSPS) is 16.0. The van der Waals surface area contributed by atoms with E-state index in [1.165, 1.54) is 4.90 Å². The maximum Gasteiger partial charge on any atom is 0.282 e. The number of rotatable bonds is 5. The maximum absolute atomic E-state index is 12.6. The van der Waals surface area contributed by atoms with E-state index < -0.39 is 0 Å². The molecule has 1 atom stereocenters. The summed E-state index contributed by atoms with van der Waals surface area (Å²) in [4.78, 5) is 27.5. The van der Waals surface area contributed by atoms with Gasteiger partial charge in [-0.1, -0.05) is 17.7 Å². The van der Waals surface area contributed by atoms with Gasteiger partial charge in [-0.3, -0.25) is 9.59 Å². The molecule has 5 nitrogen and oxygen atoms in total. The van der Waals surface area contributed by atoms with Crippen LogP contribution in [0.5, 0.6) is 0 Å². The summed E-state index contributed by atoms with van der Waals surface area (Å²) in [5.74, 6) is 0.0851. The van der Waals surface area contributed by atoms with Gasteiger partial charge in [0.1, 0.15) is 0 Å². The predicted molar refractivity (Wildman–Crippen MR) is 109 cm³/mol. The Morgan fingerprint density at radius 1 is 1.11 bits per heavy atom. The summed E-state index contributed by atoms with van der Waals surface area (Å²) in [6, 6.07) is 14.8. The molecule has 3 rings (SSSR count). The van der Waals surface area contributed by atoms with Crippen molar-refractivity contribution in [2.75, 3.05) is 36.4 Å². The number of nitrogens with zero attached hydrogens (tertiary/aromatic N) is 1. The highest BCUT2D eigenvalue weighted by atomic mass is 35.5. The average Bonchev–Trinajstić information content (AvgIpc) is 2.67. The number of ketones is 1. The Kier molecular flexibility index (Phi) is 6.14.